The molecule has 0 spiro atoms. The van der Waals surface area contributed by atoms with Gasteiger partial charge in [0, 0.05) is 40.7 Å². The topological polar surface area (TPSA) is 117 Å². The van der Waals surface area contributed by atoms with Crippen molar-refractivity contribution in [3.8, 4) is 0 Å². The molecular weight excluding hydrogens is 765 g/mol. The predicted molar refractivity (Wildman–Crippen MR) is 232 cm³/mol. The van der Waals surface area contributed by atoms with Gasteiger partial charge in [0.1, 0.15) is 15.9 Å². The second kappa shape index (κ2) is 18.8. The lowest BCUT2D eigenvalue weighted by Crippen LogP contribution is -2.30. The third-order valence-electron chi connectivity index (χ3n) is 9.58. The van der Waals surface area contributed by atoms with Gasteiger partial charge in [0.2, 0.25) is 5.91 Å². The van der Waals surface area contributed by atoms with E-state index in [0.717, 1.165) is 45.1 Å². The number of nitrogens with zero attached hydrogens (tertiary/aromatic N) is 1. The van der Waals surface area contributed by atoms with Gasteiger partial charge in [-0.05, 0) is 72.0 Å². The number of aryl methyl sites for hydroxylation is 1. The average Bonchev–Trinajstić information content (AvgIpc) is 3.60. The Morgan fingerprint density at radius 3 is 2.26 bits per heavy atom. The molecule has 0 radical (unpaired) electrons. The lowest BCUT2D eigenvalue weighted by Gasteiger charge is -2.27. The molecule has 1 aliphatic rings. The Balaban J connectivity index is 1.12. The second-order valence-corrected chi connectivity index (χ2v) is 16.1. The monoisotopic (exact) mass is 806 g/mol. The molecule has 1 aromatic heterocycles. The van der Waals surface area contributed by atoms with Gasteiger partial charge in [0.15, 0.2) is 0 Å². The van der Waals surface area contributed by atoms with E-state index in [-0.39, 0.29) is 11.6 Å². The highest BCUT2D eigenvalue weighted by molar-refractivity contribution is 8.00. The SMILES string of the molecule is COC(=O)c1c(NC(=O)C(Sc2cccc(NC(=O)/C(=C\c3cccc(C)c3)NC(=O)c3ccccc3)c2)c2ccccc2)sc2c1CCN(Cc1ccccc1)C2. The summed E-state index contributed by atoms with van der Waals surface area (Å²) in [6.07, 6.45) is 2.30. The minimum atomic E-state index is -0.715. The summed E-state index contributed by atoms with van der Waals surface area (Å²) < 4.78 is 5.23. The number of carbonyl (C=O) groups excluding carboxylic acids is 4. The van der Waals surface area contributed by atoms with Crippen molar-refractivity contribution in [1.82, 2.24) is 10.2 Å². The molecule has 0 bridgehead atoms. The van der Waals surface area contributed by atoms with Crippen molar-refractivity contribution in [2.75, 3.05) is 24.3 Å². The van der Waals surface area contributed by atoms with Gasteiger partial charge in [0.25, 0.3) is 11.8 Å². The minimum absolute atomic E-state index is 0.0716. The molecule has 5 aromatic carbocycles. The number of ether oxygens (including phenoxy) is 1. The molecule has 1 aliphatic heterocycles. The van der Waals surface area contributed by atoms with Crippen LogP contribution in [0.2, 0.25) is 0 Å². The molecule has 58 heavy (non-hydrogen) atoms. The summed E-state index contributed by atoms with van der Waals surface area (Å²) in [6, 6.07) is 43.3. The van der Waals surface area contributed by atoms with Gasteiger partial charge in [-0.15, -0.1) is 23.1 Å². The molecule has 7 rings (SSSR count). The molecule has 3 amide bonds. The van der Waals surface area contributed by atoms with Crippen molar-refractivity contribution >= 4 is 63.6 Å². The average molecular weight is 807 g/mol. The van der Waals surface area contributed by atoms with Gasteiger partial charge >= 0.3 is 5.97 Å². The van der Waals surface area contributed by atoms with Gasteiger partial charge in [0.05, 0.1) is 12.7 Å². The van der Waals surface area contributed by atoms with E-state index >= 15 is 0 Å². The summed E-state index contributed by atoms with van der Waals surface area (Å²) in [5, 5.41) is 8.60. The van der Waals surface area contributed by atoms with E-state index in [0.29, 0.717) is 34.8 Å². The van der Waals surface area contributed by atoms with Crippen LogP contribution in [0, 0.1) is 6.92 Å². The van der Waals surface area contributed by atoms with E-state index in [4.69, 9.17) is 4.74 Å². The summed E-state index contributed by atoms with van der Waals surface area (Å²) in [5.74, 6) is -1.71. The van der Waals surface area contributed by atoms with Crippen LogP contribution in [-0.4, -0.2) is 42.2 Å². The number of hydrogen-bond acceptors (Lipinski definition) is 8. The number of thiophene rings is 1. The smallest absolute Gasteiger partial charge is 0.341 e. The molecule has 9 nitrogen and oxygen atoms in total. The number of amides is 3. The third kappa shape index (κ3) is 9.99. The van der Waals surface area contributed by atoms with Crippen LogP contribution in [0.4, 0.5) is 10.7 Å². The molecule has 1 atom stereocenters. The zero-order valence-electron chi connectivity index (χ0n) is 32.1. The minimum Gasteiger partial charge on any atom is -0.465 e. The van der Waals surface area contributed by atoms with Crippen molar-refractivity contribution in [1.29, 1.82) is 0 Å². The molecule has 1 unspecified atom stereocenters. The molecule has 0 saturated heterocycles. The standard InChI is InChI=1S/C47H42N4O5S2/c1-31-14-12-17-33(26-31)27-39(49-43(52)35-20-10-5-11-21-35)44(53)48-36-22-13-23-37(28-36)57-42(34-18-8-4-9-19-34)45(54)50-46-41(47(55)56-2)38-24-25-51(30-40(38)58-46)29-32-15-6-3-7-16-32/h3-23,26-28,42H,24-25,29-30H2,1-2H3,(H,48,53)(H,49,52)(H,50,54)/b39-27+. The van der Waals surface area contributed by atoms with Crippen LogP contribution in [0.25, 0.3) is 6.08 Å². The van der Waals surface area contributed by atoms with E-state index in [1.165, 1.54) is 35.8 Å². The first-order valence-electron chi connectivity index (χ1n) is 18.8. The van der Waals surface area contributed by atoms with Gasteiger partial charge in [-0.2, -0.15) is 0 Å². The van der Waals surface area contributed by atoms with Crippen molar-refractivity contribution in [2.45, 2.75) is 36.6 Å². The van der Waals surface area contributed by atoms with Gasteiger partial charge in [-0.3, -0.25) is 19.3 Å². The zero-order valence-corrected chi connectivity index (χ0v) is 33.7. The van der Waals surface area contributed by atoms with Crippen LogP contribution < -0.4 is 16.0 Å². The van der Waals surface area contributed by atoms with E-state index in [1.54, 1.807) is 48.5 Å². The summed E-state index contributed by atoms with van der Waals surface area (Å²) in [6.45, 7) is 4.17. The van der Waals surface area contributed by atoms with E-state index in [1.807, 2.05) is 91.9 Å². The number of methoxy groups -OCH3 is 1. The maximum atomic E-state index is 14.4. The number of nitrogens with one attached hydrogen (secondary N) is 3. The first kappa shape index (κ1) is 39.9. The number of rotatable bonds is 13. The van der Waals surface area contributed by atoms with Crippen LogP contribution in [0.5, 0.6) is 0 Å². The van der Waals surface area contributed by atoms with Gasteiger partial charge < -0.3 is 20.7 Å². The fourth-order valence-corrected chi connectivity index (χ4v) is 9.13. The zero-order chi connectivity index (χ0) is 40.4. The summed E-state index contributed by atoms with van der Waals surface area (Å²) in [7, 11) is 1.36. The molecule has 11 heteroatoms. The van der Waals surface area contributed by atoms with Gasteiger partial charge in [-0.1, -0.05) is 115 Å². The first-order chi connectivity index (χ1) is 28.2. The maximum absolute atomic E-state index is 14.4. The molecule has 0 saturated carbocycles. The van der Waals surface area contributed by atoms with Gasteiger partial charge in [-0.25, -0.2) is 4.79 Å². The number of esters is 1. The van der Waals surface area contributed by atoms with E-state index in [9.17, 15) is 19.2 Å². The maximum Gasteiger partial charge on any atom is 0.341 e. The summed E-state index contributed by atoms with van der Waals surface area (Å²) in [5.41, 5.74) is 6.03. The van der Waals surface area contributed by atoms with Crippen LogP contribution in [-0.2, 0) is 33.8 Å². The Kier molecular flexibility index (Phi) is 12.9. The Labute approximate surface area is 346 Å². The number of hydrogen-bond donors (Lipinski definition) is 3. The Morgan fingerprint density at radius 2 is 1.53 bits per heavy atom. The lowest BCUT2D eigenvalue weighted by molar-refractivity contribution is -0.116. The van der Waals surface area contributed by atoms with Crippen LogP contribution in [0.1, 0.15) is 58.7 Å². The molecule has 2 heterocycles. The third-order valence-corrected chi connectivity index (χ3v) is 12.0. The number of thioether (sulfide) groups is 1. The van der Waals surface area contributed by atoms with Crippen molar-refractivity contribution in [3.05, 3.63) is 189 Å². The fourth-order valence-electron chi connectivity index (χ4n) is 6.77. The highest BCUT2D eigenvalue weighted by atomic mass is 32.2. The normalized spacial score (nSPS) is 13.2. The quantitative estimate of drug-likeness (QED) is 0.0606. The first-order valence-corrected chi connectivity index (χ1v) is 20.5. The molecule has 3 N–H and O–H groups in total. The highest BCUT2D eigenvalue weighted by Crippen LogP contribution is 2.41. The molecular formula is C47H42N4O5S2. The Bertz CT molecular complexity index is 2450. The number of carbonyl (C=O) groups is 4. The predicted octanol–water partition coefficient (Wildman–Crippen LogP) is 9.28. The number of anilines is 2. The Hall–Kier alpha value is -6.27. The van der Waals surface area contributed by atoms with Crippen LogP contribution in [0.15, 0.2) is 150 Å². The van der Waals surface area contributed by atoms with Crippen molar-refractivity contribution in [2.24, 2.45) is 0 Å². The number of benzene rings is 5. The fraction of sp³-hybridized carbons (Fsp3) is 0.149. The van der Waals surface area contributed by atoms with Crippen LogP contribution in [0.3, 0.4) is 0 Å². The van der Waals surface area contributed by atoms with Crippen LogP contribution >= 0.6 is 23.1 Å². The molecule has 6 aromatic rings. The van der Waals surface area contributed by atoms with E-state index < -0.39 is 23.0 Å². The molecule has 0 fully saturated rings. The summed E-state index contributed by atoms with van der Waals surface area (Å²) >= 11 is 2.74. The second-order valence-electron chi connectivity index (χ2n) is 13.8. The van der Waals surface area contributed by atoms with Crippen molar-refractivity contribution < 1.29 is 23.9 Å². The Morgan fingerprint density at radius 1 is 0.828 bits per heavy atom. The largest absolute Gasteiger partial charge is 0.465 e. The summed E-state index contributed by atoms with van der Waals surface area (Å²) in [4.78, 5) is 58.7. The highest BCUT2D eigenvalue weighted by Gasteiger charge is 2.31. The van der Waals surface area contributed by atoms with E-state index in [2.05, 4.69) is 33.0 Å². The van der Waals surface area contributed by atoms with Crippen molar-refractivity contribution in [3.63, 3.8) is 0 Å². The molecule has 292 valence electrons. The number of fused-ring (bicyclic) bond motifs is 1. The molecule has 0 aliphatic carbocycles. The lowest BCUT2D eigenvalue weighted by atomic mass is 10.0.